The summed E-state index contributed by atoms with van der Waals surface area (Å²) in [6.45, 7) is 2.27. The second-order valence-corrected chi connectivity index (χ2v) is 5.01. The summed E-state index contributed by atoms with van der Waals surface area (Å²) in [5.41, 5.74) is 0. The lowest BCUT2D eigenvalue weighted by atomic mass is 10.1. The zero-order valence-electron chi connectivity index (χ0n) is 10.3. The molecule has 0 atom stereocenters. The van der Waals surface area contributed by atoms with Crippen molar-refractivity contribution >= 4 is 15.9 Å². The van der Waals surface area contributed by atoms with Crippen molar-refractivity contribution < 1.29 is 0 Å². The first-order chi connectivity index (χ1) is 7.41. The molecule has 0 aromatic carbocycles. The molecule has 0 aliphatic rings. The van der Waals surface area contributed by atoms with Crippen molar-refractivity contribution in [2.24, 2.45) is 0 Å². The number of unbranched alkanes of at least 4 members (excludes halogenated alkanes) is 8. The Morgan fingerprint density at radius 2 is 1.27 bits per heavy atom. The smallest absolute Gasteiger partial charge is 0.00313 e. The number of rotatable bonds is 11. The van der Waals surface area contributed by atoms with Gasteiger partial charge in [0.2, 0.25) is 0 Å². The van der Waals surface area contributed by atoms with Crippen LogP contribution in [-0.4, -0.2) is 5.33 Å². The Hall–Kier alpha value is 0.220. The molecule has 1 heteroatoms. The lowest BCUT2D eigenvalue weighted by Gasteiger charge is -1.96. The number of halogens is 1. The average molecular weight is 275 g/mol. The summed E-state index contributed by atoms with van der Waals surface area (Å²) in [7, 11) is 0. The molecule has 0 aliphatic carbocycles. The van der Waals surface area contributed by atoms with Gasteiger partial charge in [-0.3, -0.25) is 0 Å². The number of hydrogen-bond acceptors (Lipinski definition) is 0. The van der Waals surface area contributed by atoms with E-state index < -0.39 is 0 Å². The van der Waals surface area contributed by atoms with Gasteiger partial charge in [0.15, 0.2) is 0 Å². The molecule has 0 saturated carbocycles. The lowest BCUT2D eigenvalue weighted by Crippen LogP contribution is -1.77. The summed E-state index contributed by atoms with van der Waals surface area (Å²) in [5, 5.41) is 1.16. The molecule has 0 aromatic heterocycles. The summed E-state index contributed by atoms with van der Waals surface area (Å²) in [5.74, 6) is 0. The van der Waals surface area contributed by atoms with Crippen LogP contribution in [0.25, 0.3) is 0 Å². The van der Waals surface area contributed by atoms with Crippen LogP contribution < -0.4 is 0 Å². The summed E-state index contributed by atoms with van der Waals surface area (Å²) < 4.78 is 0. The fraction of sp³-hybridized carbons (Fsp3) is 0.857. The van der Waals surface area contributed by atoms with Crippen molar-refractivity contribution in [3.8, 4) is 0 Å². The minimum absolute atomic E-state index is 1.16. The first-order valence-electron chi connectivity index (χ1n) is 6.62. The first-order valence-corrected chi connectivity index (χ1v) is 7.75. The molecule has 0 amide bonds. The number of hydrogen-bond donors (Lipinski definition) is 0. The highest BCUT2D eigenvalue weighted by Crippen LogP contribution is 2.07. The van der Waals surface area contributed by atoms with E-state index in [1.165, 1.54) is 64.2 Å². The van der Waals surface area contributed by atoms with Gasteiger partial charge in [-0.25, -0.2) is 0 Å². The molecule has 0 bridgehead atoms. The van der Waals surface area contributed by atoms with E-state index in [-0.39, 0.29) is 0 Å². The topological polar surface area (TPSA) is 0 Å². The van der Waals surface area contributed by atoms with Crippen molar-refractivity contribution in [3.05, 3.63) is 12.2 Å². The van der Waals surface area contributed by atoms with Crippen molar-refractivity contribution in [1.29, 1.82) is 0 Å². The summed E-state index contributed by atoms with van der Waals surface area (Å²) in [4.78, 5) is 0. The Morgan fingerprint density at radius 3 is 1.80 bits per heavy atom. The third-order valence-electron chi connectivity index (χ3n) is 2.65. The monoisotopic (exact) mass is 274 g/mol. The summed E-state index contributed by atoms with van der Waals surface area (Å²) >= 11 is 3.46. The highest BCUT2D eigenvalue weighted by atomic mass is 79.9. The van der Waals surface area contributed by atoms with Gasteiger partial charge in [-0.05, 0) is 32.1 Å². The van der Waals surface area contributed by atoms with E-state index in [2.05, 4.69) is 35.0 Å². The normalized spacial score (nSPS) is 11.3. The Labute approximate surface area is 105 Å². The maximum Gasteiger partial charge on any atom is 0.00313 e. The quantitative estimate of drug-likeness (QED) is 0.252. The average Bonchev–Trinajstić information content (AvgIpc) is 2.26. The molecule has 0 radical (unpaired) electrons. The van der Waals surface area contributed by atoms with Crippen molar-refractivity contribution in [2.45, 2.75) is 71.1 Å². The Balaban J connectivity index is 2.97. The molecular formula is C14H27Br. The van der Waals surface area contributed by atoms with Crippen LogP contribution in [-0.2, 0) is 0 Å². The zero-order chi connectivity index (χ0) is 11.2. The molecule has 0 spiro atoms. The van der Waals surface area contributed by atoms with E-state index in [4.69, 9.17) is 0 Å². The van der Waals surface area contributed by atoms with Crippen LogP contribution in [0.2, 0.25) is 0 Å². The van der Waals surface area contributed by atoms with Crippen molar-refractivity contribution in [1.82, 2.24) is 0 Å². The van der Waals surface area contributed by atoms with Gasteiger partial charge in [0.1, 0.15) is 0 Å². The van der Waals surface area contributed by atoms with Gasteiger partial charge in [-0.1, -0.05) is 67.1 Å². The Morgan fingerprint density at radius 1 is 0.733 bits per heavy atom. The standard InChI is InChI=1S/C14H27Br/c1-2-3-4-5-6-7-8-9-10-11-12-13-14-15/h8-9H,2-7,10-14H2,1H3. The van der Waals surface area contributed by atoms with Crippen LogP contribution in [0.5, 0.6) is 0 Å². The molecule has 0 fully saturated rings. The Bertz CT molecular complexity index is 129. The van der Waals surface area contributed by atoms with Crippen LogP contribution in [0.15, 0.2) is 12.2 Å². The van der Waals surface area contributed by atoms with Gasteiger partial charge >= 0.3 is 0 Å². The largest absolute Gasteiger partial charge is 0.0928 e. The fourth-order valence-electron chi connectivity index (χ4n) is 1.63. The molecule has 0 aliphatic heterocycles. The van der Waals surface area contributed by atoms with Crippen LogP contribution >= 0.6 is 15.9 Å². The molecule has 0 N–H and O–H groups in total. The SMILES string of the molecule is CCCCCCCC=CCCCCCBr. The molecule has 0 aromatic rings. The van der Waals surface area contributed by atoms with Crippen molar-refractivity contribution in [2.75, 3.05) is 5.33 Å². The van der Waals surface area contributed by atoms with E-state index in [9.17, 15) is 0 Å². The summed E-state index contributed by atoms with van der Waals surface area (Å²) in [6, 6.07) is 0. The predicted octanol–water partition coefficient (Wildman–Crippen LogP) is 5.86. The van der Waals surface area contributed by atoms with Crippen LogP contribution in [0.3, 0.4) is 0 Å². The third-order valence-corrected chi connectivity index (χ3v) is 3.21. The Kier molecular flexibility index (Phi) is 14.4. The van der Waals surface area contributed by atoms with E-state index in [0.29, 0.717) is 0 Å². The van der Waals surface area contributed by atoms with E-state index in [1.54, 1.807) is 0 Å². The lowest BCUT2D eigenvalue weighted by molar-refractivity contribution is 0.636. The zero-order valence-corrected chi connectivity index (χ0v) is 11.9. The van der Waals surface area contributed by atoms with Crippen LogP contribution in [0.4, 0.5) is 0 Å². The van der Waals surface area contributed by atoms with Gasteiger partial charge < -0.3 is 0 Å². The molecular weight excluding hydrogens is 248 g/mol. The van der Waals surface area contributed by atoms with E-state index >= 15 is 0 Å². The van der Waals surface area contributed by atoms with Crippen molar-refractivity contribution in [3.63, 3.8) is 0 Å². The molecule has 0 rings (SSSR count). The molecule has 90 valence electrons. The number of allylic oxidation sites excluding steroid dienone is 2. The fourth-order valence-corrected chi connectivity index (χ4v) is 2.03. The highest BCUT2D eigenvalue weighted by molar-refractivity contribution is 9.09. The van der Waals surface area contributed by atoms with Gasteiger partial charge in [0.05, 0.1) is 0 Å². The first kappa shape index (κ1) is 15.2. The maximum absolute atomic E-state index is 3.46. The molecule has 0 heterocycles. The third kappa shape index (κ3) is 14.2. The van der Waals surface area contributed by atoms with Crippen LogP contribution in [0.1, 0.15) is 71.1 Å². The van der Waals surface area contributed by atoms with Crippen LogP contribution in [0, 0.1) is 0 Å². The minimum Gasteiger partial charge on any atom is -0.0928 e. The molecule has 0 unspecified atom stereocenters. The van der Waals surface area contributed by atoms with E-state index in [1.807, 2.05) is 0 Å². The molecule has 15 heavy (non-hydrogen) atoms. The highest BCUT2D eigenvalue weighted by Gasteiger charge is 1.87. The van der Waals surface area contributed by atoms with E-state index in [0.717, 1.165) is 5.33 Å². The van der Waals surface area contributed by atoms with Gasteiger partial charge in [0.25, 0.3) is 0 Å². The van der Waals surface area contributed by atoms with Gasteiger partial charge in [-0.15, -0.1) is 0 Å². The molecule has 0 nitrogen and oxygen atoms in total. The minimum atomic E-state index is 1.16. The molecule has 0 saturated heterocycles. The number of alkyl halides is 1. The second-order valence-electron chi connectivity index (χ2n) is 4.21. The predicted molar refractivity (Wildman–Crippen MR) is 74.8 cm³/mol. The van der Waals surface area contributed by atoms with Gasteiger partial charge in [-0.2, -0.15) is 0 Å². The van der Waals surface area contributed by atoms with Gasteiger partial charge in [0, 0.05) is 5.33 Å². The second kappa shape index (κ2) is 14.2. The maximum atomic E-state index is 3.46. The summed E-state index contributed by atoms with van der Waals surface area (Å²) in [6.07, 6.45) is 18.4.